The number of carboxylic acid groups (broad SMARTS) is 1. The Labute approximate surface area is 89.8 Å². The maximum atomic E-state index is 10.7. The highest BCUT2D eigenvalue weighted by Crippen LogP contribution is 2.30. The Kier molecular flexibility index (Phi) is 3.47. The molecule has 0 aliphatic heterocycles. The van der Waals surface area contributed by atoms with Gasteiger partial charge in [0.15, 0.2) is 0 Å². The van der Waals surface area contributed by atoms with Crippen LogP contribution >= 0.6 is 35.0 Å². The Hall–Kier alpha value is -0.380. The summed E-state index contributed by atoms with van der Waals surface area (Å²) < 4.78 is 0. The normalized spacial score (nSPS) is 10.1. The van der Waals surface area contributed by atoms with Gasteiger partial charge in [0.05, 0.1) is 15.6 Å². The largest absolute Gasteiger partial charge is 0.478 e. The van der Waals surface area contributed by atoms with E-state index in [1.165, 1.54) is 23.9 Å². The first-order chi connectivity index (χ1) is 6.06. The summed E-state index contributed by atoms with van der Waals surface area (Å²) in [5, 5.41) is 9.38. The lowest BCUT2D eigenvalue weighted by atomic mass is 10.2. The van der Waals surface area contributed by atoms with Crippen LogP contribution in [0.2, 0.25) is 10.0 Å². The highest BCUT2D eigenvalue weighted by Gasteiger charge is 2.11. The van der Waals surface area contributed by atoms with E-state index in [1.807, 2.05) is 6.26 Å². The van der Waals surface area contributed by atoms with Gasteiger partial charge in [-0.25, -0.2) is 4.79 Å². The molecular weight excluding hydrogens is 231 g/mol. The van der Waals surface area contributed by atoms with Gasteiger partial charge in [0, 0.05) is 4.90 Å². The average Bonchev–Trinajstić information content (AvgIpc) is 2.03. The summed E-state index contributed by atoms with van der Waals surface area (Å²) in [6.07, 6.45) is 1.82. The van der Waals surface area contributed by atoms with Crippen LogP contribution in [-0.2, 0) is 0 Å². The zero-order valence-electron chi connectivity index (χ0n) is 6.67. The standard InChI is InChI=1S/C8H6Cl2O2S/c1-13-7-2-4(8(11)12)5(9)3-6(7)10/h2-3H,1H3,(H,11,12). The van der Waals surface area contributed by atoms with Gasteiger partial charge in [-0.1, -0.05) is 23.2 Å². The Morgan fingerprint density at radius 2 is 2.00 bits per heavy atom. The molecule has 0 amide bonds. The number of carbonyl (C=O) groups is 1. The average molecular weight is 237 g/mol. The minimum absolute atomic E-state index is 0.0791. The number of aromatic carboxylic acids is 1. The summed E-state index contributed by atoms with van der Waals surface area (Å²) in [4.78, 5) is 11.4. The third kappa shape index (κ3) is 2.30. The molecule has 0 aromatic heterocycles. The van der Waals surface area contributed by atoms with Gasteiger partial charge >= 0.3 is 5.97 Å². The molecular formula is C8H6Cl2O2S. The van der Waals surface area contributed by atoms with Crippen molar-refractivity contribution in [3.05, 3.63) is 27.7 Å². The van der Waals surface area contributed by atoms with Crippen LogP contribution in [0.5, 0.6) is 0 Å². The van der Waals surface area contributed by atoms with Crippen LogP contribution in [0.3, 0.4) is 0 Å². The fraction of sp³-hybridized carbons (Fsp3) is 0.125. The van der Waals surface area contributed by atoms with Gasteiger partial charge in [-0.05, 0) is 18.4 Å². The summed E-state index contributed by atoms with van der Waals surface area (Å²) in [5.74, 6) is -1.04. The zero-order valence-corrected chi connectivity index (χ0v) is 9.00. The molecule has 0 aliphatic rings. The van der Waals surface area contributed by atoms with Gasteiger partial charge < -0.3 is 5.11 Å². The fourth-order valence-electron chi connectivity index (χ4n) is 0.849. The quantitative estimate of drug-likeness (QED) is 0.801. The molecule has 1 N–H and O–H groups in total. The maximum Gasteiger partial charge on any atom is 0.337 e. The molecule has 0 aliphatic carbocycles. The van der Waals surface area contributed by atoms with E-state index in [0.717, 1.165) is 0 Å². The van der Waals surface area contributed by atoms with Crippen molar-refractivity contribution in [2.24, 2.45) is 0 Å². The van der Waals surface area contributed by atoms with Crippen LogP contribution < -0.4 is 0 Å². The zero-order chi connectivity index (χ0) is 10.0. The van der Waals surface area contributed by atoms with Crippen molar-refractivity contribution in [1.82, 2.24) is 0 Å². The maximum absolute atomic E-state index is 10.7. The van der Waals surface area contributed by atoms with Gasteiger partial charge in [0.25, 0.3) is 0 Å². The number of hydrogen-bond acceptors (Lipinski definition) is 2. The molecule has 0 radical (unpaired) electrons. The minimum atomic E-state index is -1.04. The van der Waals surface area contributed by atoms with Crippen molar-refractivity contribution >= 4 is 40.9 Å². The Morgan fingerprint density at radius 3 is 2.46 bits per heavy atom. The number of benzene rings is 1. The van der Waals surface area contributed by atoms with Crippen molar-refractivity contribution in [2.75, 3.05) is 6.26 Å². The molecule has 0 heterocycles. The summed E-state index contributed by atoms with van der Waals surface area (Å²) in [7, 11) is 0. The first-order valence-electron chi connectivity index (χ1n) is 3.32. The van der Waals surface area contributed by atoms with E-state index in [0.29, 0.717) is 9.92 Å². The fourth-order valence-corrected chi connectivity index (χ4v) is 2.03. The van der Waals surface area contributed by atoms with Crippen LogP contribution in [0.15, 0.2) is 17.0 Å². The summed E-state index contributed by atoms with van der Waals surface area (Å²) in [5.41, 5.74) is 0.0791. The molecule has 1 aromatic carbocycles. The monoisotopic (exact) mass is 236 g/mol. The van der Waals surface area contributed by atoms with E-state index < -0.39 is 5.97 Å². The number of halogens is 2. The molecule has 0 spiro atoms. The smallest absolute Gasteiger partial charge is 0.337 e. The van der Waals surface area contributed by atoms with E-state index in [4.69, 9.17) is 28.3 Å². The molecule has 13 heavy (non-hydrogen) atoms. The number of thioether (sulfide) groups is 1. The second-order valence-electron chi connectivity index (χ2n) is 2.27. The highest BCUT2D eigenvalue weighted by atomic mass is 35.5. The predicted octanol–water partition coefficient (Wildman–Crippen LogP) is 3.41. The van der Waals surface area contributed by atoms with Crippen molar-refractivity contribution in [2.45, 2.75) is 4.90 Å². The molecule has 1 aromatic rings. The van der Waals surface area contributed by atoms with Crippen LogP contribution in [0.4, 0.5) is 0 Å². The van der Waals surface area contributed by atoms with E-state index >= 15 is 0 Å². The third-order valence-electron chi connectivity index (χ3n) is 1.47. The number of rotatable bonds is 2. The second-order valence-corrected chi connectivity index (χ2v) is 3.93. The van der Waals surface area contributed by atoms with E-state index in [9.17, 15) is 4.79 Å². The van der Waals surface area contributed by atoms with Crippen molar-refractivity contribution in [1.29, 1.82) is 0 Å². The van der Waals surface area contributed by atoms with E-state index in [1.54, 1.807) is 0 Å². The molecule has 0 bridgehead atoms. The molecule has 0 saturated carbocycles. The third-order valence-corrected chi connectivity index (χ3v) is 2.99. The second kappa shape index (κ2) is 4.22. The van der Waals surface area contributed by atoms with Crippen molar-refractivity contribution in [3.8, 4) is 0 Å². The molecule has 0 atom stereocenters. The van der Waals surface area contributed by atoms with Crippen LogP contribution in [0, 0.1) is 0 Å². The lowest BCUT2D eigenvalue weighted by molar-refractivity contribution is 0.0697. The summed E-state index contributed by atoms with van der Waals surface area (Å²) in [6.45, 7) is 0. The topological polar surface area (TPSA) is 37.3 Å². The Balaban J connectivity index is 3.30. The van der Waals surface area contributed by atoms with Gasteiger partial charge in [-0.15, -0.1) is 11.8 Å². The first kappa shape index (κ1) is 10.7. The van der Waals surface area contributed by atoms with Crippen LogP contribution in [0.25, 0.3) is 0 Å². The van der Waals surface area contributed by atoms with E-state index in [2.05, 4.69) is 0 Å². The molecule has 0 saturated heterocycles. The number of hydrogen-bond donors (Lipinski definition) is 1. The SMILES string of the molecule is CSc1cc(C(=O)O)c(Cl)cc1Cl. The minimum Gasteiger partial charge on any atom is -0.478 e. The molecule has 70 valence electrons. The van der Waals surface area contributed by atoms with Gasteiger partial charge in [-0.3, -0.25) is 0 Å². The van der Waals surface area contributed by atoms with Crippen LogP contribution in [0.1, 0.15) is 10.4 Å². The van der Waals surface area contributed by atoms with Gasteiger partial charge in [0.2, 0.25) is 0 Å². The predicted molar refractivity (Wildman–Crippen MR) is 55.2 cm³/mol. The van der Waals surface area contributed by atoms with Gasteiger partial charge in [-0.2, -0.15) is 0 Å². The number of carboxylic acids is 1. The summed E-state index contributed by atoms with van der Waals surface area (Å²) in [6, 6.07) is 2.91. The van der Waals surface area contributed by atoms with Crippen LogP contribution in [-0.4, -0.2) is 17.3 Å². The lowest BCUT2D eigenvalue weighted by Crippen LogP contribution is -1.97. The molecule has 0 fully saturated rings. The highest BCUT2D eigenvalue weighted by molar-refractivity contribution is 7.98. The Morgan fingerprint density at radius 1 is 1.38 bits per heavy atom. The van der Waals surface area contributed by atoms with Gasteiger partial charge in [0.1, 0.15) is 0 Å². The summed E-state index contributed by atoms with van der Waals surface area (Å²) >= 11 is 12.9. The van der Waals surface area contributed by atoms with E-state index in [-0.39, 0.29) is 10.6 Å². The first-order valence-corrected chi connectivity index (χ1v) is 5.30. The van der Waals surface area contributed by atoms with Crippen molar-refractivity contribution in [3.63, 3.8) is 0 Å². The molecule has 1 rings (SSSR count). The molecule has 5 heteroatoms. The Bertz CT molecular complexity index is 352. The molecule has 0 unspecified atom stereocenters. The molecule has 2 nitrogen and oxygen atoms in total. The van der Waals surface area contributed by atoms with Crippen molar-refractivity contribution < 1.29 is 9.90 Å². The lowest BCUT2D eigenvalue weighted by Gasteiger charge is -2.04.